The second kappa shape index (κ2) is 7.40. The Labute approximate surface area is 98.4 Å². The van der Waals surface area contributed by atoms with Crippen LogP contribution >= 0.6 is 15.9 Å². The third kappa shape index (κ3) is 4.93. The largest absolute Gasteiger partial charge is 0.352 e. The fourth-order valence-electron chi connectivity index (χ4n) is 1.20. The molecule has 1 N–H and O–H groups in total. The lowest BCUT2D eigenvalue weighted by molar-refractivity contribution is 0.0953. The summed E-state index contributed by atoms with van der Waals surface area (Å²) in [4.78, 5) is 15.4. The van der Waals surface area contributed by atoms with Crippen LogP contribution in [0.3, 0.4) is 0 Å². The first-order valence-electron chi connectivity index (χ1n) is 5.09. The quantitative estimate of drug-likeness (QED) is 0.637. The van der Waals surface area contributed by atoms with Gasteiger partial charge in [-0.1, -0.05) is 22.4 Å². The lowest BCUT2D eigenvalue weighted by Crippen LogP contribution is -2.24. The maximum absolute atomic E-state index is 11.5. The van der Waals surface area contributed by atoms with Gasteiger partial charge in [-0.05, 0) is 25.0 Å². The Hall–Kier alpha value is -0.900. The molecule has 0 spiro atoms. The van der Waals surface area contributed by atoms with Crippen molar-refractivity contribution >= 4 is 21.8 Å². The van der Waals surface area contributed by atoms with Crippen molar-refractivity contribution in [2.45, 2.75) is 19.3 Å². The summed E-state index contributed by atoms with van der Waals surface area (Å²) in [6, 6.07) is 3.43. The molecule has 82 valence electrons. The van der Waals surface area contributed by atoms with Gasteiger partial charge < -0.3 is 5.32 Å². The highest BCUT2D eigenvalue weighted by Gasteiger charge is 2.02. The van der Waals surface area contributed by atoms with Crippen molar-refractivity contribution in [3.8, 4) is 0 Å². The van der Waals surface area contributed by atoms with Gasteiger partial charge in [0.15, 0.2) is 0 Å². The predicted octanol–water partition coefficient (Wildman–Crippen LogP) is 2.38. The highest BCUT2D eigenvalue weighted by atomic mass is 79.9. The normalized spacial score (nSPS) is 9.93. The Morgan fingerprint density at radius 1 is 1.27 bits per heavy atom. The molecule has 0 saturated carbocycles. The van der Waals surface area contributed by atoms with Crippen LogP contribution in [0.25, 0.3) is 0 Å². The second-order valence-corrected chi connectivity index (χ2v) is 4.03. The Bertz CT molecular complexity index is 290. The molecule has 3 nitrogen and oxygen atoms in total. The van der Waals surface area contributed by atoms with Crippen molar-refractivity contribution in [1.82, 2.24) is 10.3 Å². The van der Waals surface area contributed by atoms with E-state index in [0.717, 1.165) is 31.1 Å². The van der Waals surface area contributed by atoms with Gasteiger partial charge in [0.1, 0.15) is 0 Å². The molecule has 1 aromatic rings. The third-order valence-corrected chi connectivity index (χ3v) is 2.60. The summed E-state index contributed by atoms with van der Waals surface area (Å²) >= 11 is 3.37. The summed E-state index contributed by atoms with van der Waals surface area (Å²) in [6.07, 6.45) is 6.58. The molecule has 4 heteroatoms. The molecule has 0 aromatic carbocycles. The van der Waals surface area contributed by atoms with E-state index in [1.807, 2.05) is 0 Å². The highest BCUT2D eigenvalue weighted by Crippen LogP contribution is 1.99. The number of alkyl halides is 1. The number of carbonyl (C=O) groups excluding carboxylic acids is 1. The minimum atomic E-state index is -0.0174. The first kappa shape index (κ1) is 12.2. The molecule has 0 atom stereocenters. The van der Waals surface area contributed by atoms with Gasteiger partial charge in [-0.25, -0.2) is 0 Å². The molecule has 1 heterocycles. The monoisotopic (exact) mass is 270 g/mol. The molecule has 1 aromatic heterocycles. The summed E-state index contributed by atoms with van der Waals surface area (Å²) < 4.78 is 0. The van der Waals surface area contributed by atoms with Crippen LogP contribution in [0.4, 0.5) is 0 Å². The third-order valence-electron chi connectivity index (χ3n) is 2.04. The zero-order chi connectivity index (χ0) is 10.9. The average Bonchev–Trinajstić information content (AvgIpc) is 2.30. The SMILES string of the molecule is O=C(NCCCCCBr)c1ccncc1. The van der Waals surface area contributed by atoms with E-state index in [1.165, 1.54) is 0 Å². The second-order valence-electron chi connectivity index (χ2n) is 3.24. The summed E-state index contributed by atoms with van der Waals surface area (Å²) in [6.45, 7) is 0.744. The summed E-state index contributed by atoms with van der Waals surface area (Å²) in [5.74, 6) is -0.0174. The van der Waals surface area contributed by atoms with Gasteiger partial charge in [0, 0.05) is 29.8 Å². The van der Waals surface area contributed by atoms with E-state index in [4.69, 9.17) is 0 Å². The van der Waals surface area contributed by atoms with Crippen LogP contribution in [0.5, 0.6) is 0 Å². The van der Waals surface area contributed by atoms with Crippen LogP contribution < -0.4 is 5.32 Å². The molecule has 0 unspecified atom stereocenters. The number of carbonyl (C=O) groups is 1. The summed E-state index contributed by atoms with van der Waals surface area (Å²) in [5, 5.41) is 3.91. The number of amides is 1. The van der Waals surface area contributed by atoms with Crippen LogP contribution in [-0.4, -0.2) is 22.8 Å². The Kier molecular flexibility index (Phi) is 6.00. The number of rotatable bonds is 6. The summed E-state index contributed by atoms with van der Waals surface area (Å²) in [5.41, 5.74) is 0.672. The van der Waals surface area contributed by atoms with Gasteiger partial charge >= 0.3 is 0 Å². The van der Waals surface area contributed by atoms with E-state index < -0.39 is 0 Å². The molecular weight excluding hydrogens is 256 g/mol. The molecule has 15 heavy (non-hydrogen) atoms. The van der Waals surface area contributed by atoms with Crippen molar-refractivity contribution in [2.24, 2.45) is 0 Å². The molecule has 0 bridgehead atoms. The lowest BCUT2D eigenvalue weighted by Gasteiger charge is -2.03. The van der Waals surface area contributed by atoms with Crippen LogP contribution in [-0.2, 0) is 0 Å². The lowest BCUT2D eigenvalue weighted by atomic mass is 10.2. The van der Waals surface area contributed by atoms with E-state index in [2.05, 4.69) is 26.2 Å². The molecule has 0 fully saturated rings. The van der Waals surface area contributed by atoms with E-state index in [9.17, 15) is 4.79 Å². The van der Waals surface area contributed by atoms with Crippen molar-refractivity contribution < 1.29 is 4.79 Å². The maximum Gasteiger partial charge on any atom is 0.251 e. The maximum atomic E-state index is 11.5. The first-order chi connectivity index (χ1) is 7.34. The van der Waals surface area contributed by atoms with Crippen molar-refractivity contribution in [3.63, 3.8) is 0 Å². The number of unbranched alkanes of at least 4 members (excludes halogenated alkanes) is 2. The molecule has 0 aliphatic carbocycles. The fraction of sp³-hybridized carbons (Fsp3) is 0.455. The molecule has 0 radical (unpaired) electrons. The van der Waals surface area contributed by atoms with Gasteiger partial charge in [-0.2, -0.15) is 0 Å². The molecule has 0 aliphatic rings. The zero-order valence-electron chi connectivity index (χ0n) is 8.58. The van der Waals surface area contributed by atoms with E-state index in [-0.39, 0.29) is 5.91 Å². The molecule has 0 saturated heterocycles. The van der Waals surface area contributed by atoms with E-state index in [1.54, 1.807) is 24.5 Å². The van der Waals surface area contributed by atoms with Gasteiger partial charge in [0.25, 0.3) is 5.91 Å². The van der Waals surface area contributed by atoms with Crippen LogP contribution in [0.1, 0.15) is 29.6 Å². The van der Waals surface area contributed by atoms with E-state index >= 15 is 0 Å². The van der Waals surface area contributed by atoms with Gasteiger partial charge in [0.2, 0.25) is 0 Å². The Morgan fingerprint density at radius 3 is 2.67 bits per heavy atom. The number of aromatic nitrogens is 1. The number of nitrogens with zero attached hydrogens (tertiary/aromatic N) is 1. The predicted molar refractivity (Wildman–Crippen MR) is 64.2 cm³/mol. The number of hydrogen-bond donors (Lipinski definition) is 1. The zero-order valence-corrected chi connectivity index (χ0v) is 10.2. The van der Waals surface area contributed by atoms with Crippen LogP contribution in [0.15, 0.2) is 24.5 Å². The molecule has 0 aliphatic heterocycles. The van der Waals surface area contributed by atoms with Gasteiger partial charge in [0.05, 0.1) is 0 Å². The first-order valence-corrected chi connectivity index (χ1v) is 6.21. The van der Waals surface area contributed by atoms with E-state index in [0.29, 0.717) is 5.56 Å². The molecule has 1 rings (SSSR count). The molecule has 1 amide bonds. The average molecular weight is 271 g/mol. The number of pyridine rings is 1. The molecular formula is C11H15BrN2O. The smallest absolute Gasteiger partial charge is 0.251 e. The highest BCUT2D eigenvalue weighted by molar-refractivity contribution is 9.09. The Balaban J connectivity index is 2.20. The van der Waals surface area contributed by atoms with Crippen LogP contribution in [0, 0.1) is 0 Å². The standard InChI is InChI=1S/C11H15BrN2O/c12-6-2-1-3-7-14-11(15)10-4-8-13-9-5-10/h4-5,8-9H,1-3,6-7H2,(H,14,15). The number of nitrogens with one attached hydrogen (secondary N) is 1. The summed E-state index contributed by atoms with van der Waals surface area (Å²) in [7, 11) is 0. The van der Waals surface area contributed by atoms with Crippen molar-refractivity contribution in [2.75, 3.05) is 11.9 Å². The van der Waals surface area contributed by atoms with Gasteiger partial charge in [-0.15, -0.1) is 0 Å². The van der Waals surface area contributed by atoms with Gasteiger partial charge in [-0.3, -0.25) is 9.78 Å². The van der Waals surface area contributed by atoms with Crippen LogP contribution in [0.2, 0.25) is 0 Å². The topological polar surface area (TPSA) is 42.0 Å². The number of hydrogen-bond acceptors (Lipinski definition) is 2. The minimum Gasteiger partial charge on any atom is -0.352 e. The number of halogens is 1. The van der Waals surface area contributed by atoms with Crippen molar-refractivity contribution in [3.05, 3.63) is 30.1 Å². The van der Waals surface area contributed by atoms with Crippen molar-refractivity contribution in [1.29, 1.82) is 0 Å². The minimum absolute atomic E-state index is 0.0174. The Morgan fingerprint density at radius 2 is 2.00 bits per heavy atom. The fourth-order valence-corrected chi connectivity index (χ4v) is 1.60.